The molecule has 4 rings (SSSR count). The molecule has 0 saturated carbocycles. The largest absolute Gasteiger partial charge is 0.490 e. The van der Waals surface area contributed by atoms with Crippen LogP contribution >= 0.6 is 0 Å². The molecule has 2 aliphatic rings. The lowest BCUT2D eigenvalue weighted by atomic mass is 9.74. The van der Waals surface area contributed by atoms with E-state index in [1.54, 1.807) is 0 Å². The van der Waals surface area contributed by atoms with Gasteiger partial charge in [-0.25, -0.2) is 4.79 Å². The van der Waals surface area contributed by atoms with Crippen LogP contribution in [0.1, 0.15) is 47.8 Å². The predicted molar refractivity (Wildman–Crippen MR) is 110 cm³/mol. The normalized spacial score (nSPS) is 20.8. The maximum atomic E-state index is 12.5. The summed E-state index contributed by atoms with van der Waals surface area (Å²) < 4.78 is 38.9. The van der Waals surface area contributed by atoms with Crippen LogP contribution < -0.4 is 0 Å². The number of hydrogen-bond donors (Lipinski definition) is 1. The molecule has 0 aromatic carbocycles. The van der Waals surface area contributed by atoms with Crippen molar-refractivity contribution in [3.63, 3.8) is 0 Å². The van der Waals surface area contributed by atoms with E-state index in [9.17, 15) is 18.0 Å². The molecule has 0 radical (unpaired) electrons. The van der Waals surface area contributed by atoms with E-state index in [1.807, 2.05) is 43.7 Å². The highest BCUT2D eigenvalue weighted by Crippen LogP contribution is 2.48. The molecule has 182 valence electrons. The van der Waals surface area contributed by atoms with Crippen LogP contribution in [0, 0.1) is 13.8 Å². The number of hydrogen-bond acceptors (Lipinski definition) is 6. The van der Waals surface area contributed by atoms with Gasteiger partial charge in [0, 0.05) is 57.8 Å². The first kappa shape index (κ1) is 24.7. The molecule has 2 aromatic heterocycles. The Hall–Kier alpha value is -2.89. The van der Waals surface area contributed by atoms with Crippen molar-refractivity contribution in [1.82, 2.24) is 24.7 Å². The van der Waals surface area contributed by atoms with E-state index < -0.39 is 12.1 Å². The number of aromatic nitrogens is 3. The Morgan fingerprint density at radius 1 is 1.27 bits per heavy atom. The molecule has 0 bridgehead atoms. The summed E-state index contributed by atoms with van der Waals surface area (Å²) in [6.07, 6.45) is 1.46. The highest BCUT2D eigenvalue weighted by molar-refractivity contribution is 5.81. The summed E-state index contributed by atoms with van der Waals surface area (Å²) in [6, 6.07) is 0. The Kier molecular flexibility index (Phi) is 6.87. The molecule has 1 amide bonds. The van der Waals surface area contributed by atoms with Crippen LogP contribution in [0.25, 0.3) is 0 Å². The topological polar surface area (TPSA) is 105 Å². The number of likely N-dealkylation sites (N-methyl/N-ethyl adjacent to an activating group) is 1. The quantitative estimate of drug-likeness (QED) is 0.734. The molecule has 2 fully saturated rings. The van der Waals surface area contributed by atoms with Crippen LogP contribution in [0.2, 0.25) is 0 Å². The second-order valence-electron chi connectivity index (χ2n) is 8.64. The molecular formula is C21H28F3N5O4. The van der Waals surface area contributed by atoms with Crippen molar-refractivity contribution in [1.29, 1.82) is 0 Å². The Morgan fingerprint density at radius 3 is 2.33 bits per heavy atom. The number of carbonyl (C=O) groups is 2. The highest BCUT2D eigenvalue weighted by Gasteiger charge is 2.52. The Morgan fingerprint density at radius 2 is 1.88 bits per heavy atom. The fraction of sp³-hybridized carbons (Fsp3) is 0.619. The molecule has 12 heteroatoms. The van der Waals surface area contributed by atoms with Crippen molar-refractivity contribution < 1.29 is 32.4 Å². The first-order valence-corrected chi connectivity index (χ1v) is 10.5. The fourth-order valence-corrected chi connectivity index (χ4v) is 4.77. The molecule has 1 spiro atoms. The lowest BCUT2D eigenvalue weighted by Crippen LogP contribution is -2.53. The number of piperidine rings is 1. The van der Waals surface area contributed by atoms with Gasteiger partial charge < -0.3 is 14.5 Å². The Labute approximate surface area is 189 Å². The van der Waals surface area contributed by atoms with Crippen molar-refractivity contribution in [2.24, 2.45) is 7.05 Å². The van der Waals surface area contributed by atoms with Gasteiger partial charge in [0.05, 0.1) is 17.4 Å². The smallest absolute Gasteiger partial charge is 0.475 e. The van der Waals surface area contributed by atoms with Gasteiger partial charge in [0.2, 0.25) is 5.91 Å². The molecule has 2 aromatic rings. The number of rotatable bonds is 3. The molecule has 1 N–H and O–H groups in total. The minimum absolute atomic E-state index is 0.0879. The van der Waals surface area contributed by atoms with E-state index in [2.05, 4.69) is 21.4 Å². The van der Waals surface area contributed by atoms with Gasteiger partial charge in [-0.15, -0.1) is 0 Å². The summed E-state index contributed by atoms with van der Waals surface area (Å²) in [5, 5.41) is 15.5. The number of carboxylic acid groups (broad SMARTS) is 1. The zero-order valence-electron chi connectivity index (χ0n) is 19.0. The highest BCUT2D eigenvalue weighted by atomic mass is 19.4. The van der Waals surface area contributed by atoms with E-state index in [-0.39, 0.29) is 17.4 Å². The zero-order chi connectivity index (χ0) is 24.6. The number of aliphatic carboxylic acids is 1. The average molecular weight is 471 g/mol. The third kappa shape index (κ3) is 5.05. The third-order valence-electron chi connectivity index (χ3n) is 6.72. The molecule has 1 unspecified atom stereocenters. The minimum Gasteiger partial charge on any atom is -0.475 e. The molecular weight excluding hydrogens is 443 g/mol. The van der Waals surface area contributed by atoms with Gasteiger partial charge in [0.25, 0.3) is 0 Å². The van der Waals surface area contributed by atoms with E-state index in [4.69, 9.17) is 14.4 Å². The number of amides is 1. The number of likely N-dealkylation sites (tertiary alicyclic amines) is 2. The van der Waals surface area contributed by atoms with Crippen molar-refractivity contribution >= 4 is 11.9 Å². The maximum Gasteiger partial charge on any atom is 0.490 e. The molecule has 33 heavy (non-hydrogen) atoms. The van der Waals surface area contributed by atoms with Gasteiger partial charge in [0.1, 0.15) is 5.76 Å². The molecule has 0 aliphatic carbocycles. The number of carbonyl (C=O) groups excluding carboxylic acids is 1. The summed E-state index contributed by atoms with van der Waals surface area (Å²) in [6.45, 7) is 6.78. The van der Waals surface area contributed by atoms with Crippen molar-refractivity contribution in [2.45, 2.75) is 57.3 Å². The lowest BCUT2D eigenvalue weighted by Gasteiger charge is -2.46. The maximum absolute atomic E-state index is 12.5. The first-order valence-electron chi connectivity index (χ1n) is 10.5. The zero-order valence-corrected chi connectivity index (χ0v) is 19.0. The van der Waals surface area contributed by atoms with E-state index >= 15 is 0 Å². The molecule has 2 saturated heterocycles. The molecule has 1 atom stereocenters. The standard InChI is InChI=1S/C19H27N5O2.C2HF3O2/c1-13-16(14(2)26-21-13)12-24-7-5-19(6-8-24)17(9-18(25)23(19)4)15-10-20-22(3)11-15;3-2(4,5)1(6)7/h10-11,17H,5-9,12H2,1-4H3;(H,6,7). The summed E-state index contributed by atoms with van der Waals surface area (Å²) in [5.41, 5.74) is 3.27. The first-order chi connectivity index (χ1) is 15.3. The molecule has 9 nitrogen and oxygen atoms in total. The second kappa shape index (κ2) is 9.16. The number of carboxylic acids is 1. The average Bonchev–Trinajstić information content (AvgIpc) is 3.38. The van der Waals surface area contributed by atoms with Crippen molar-refractivity contribution in [3.05, 3.63) is 35.0 Å². The van der Waals surface area contributed by atoms with Crippen LogP contribution in [-0.2, 0) is 23.2 Å². The number of aryl methyl sites for hydroxylation is 3. The van der Waals surface area contributed by atoms with Gasteiger partial charge in [0.15, 0.2) is 0 Å². The number of halogens is 3. The minimum atomic E-state index is -5.08. The van der Waals surface area contributed by atoms with Crippen LogP contribution in [0.4, 0.5) is 13.2 Å². The van der Waals surface area contributed by atoms with Crippen molar-refractivity contribution in [2.75, 3.05) is 20.1 Å². The van der Waals surface area contributed by atoms with Crippen molar-refractivity contribution in [3.8, 4) is 0 Å². The van der Waals surface area contributed by atoms with E-state index in [1.165, 1.54) is 11.1 Å². The van der Waals surface area contributed by atoms with Crippen LogP contribution in [0.15, 0.2) is 16.9 Å². The summed E-state index contributed by atoms with van der Waals surface area (Å²) >= 11 is 0. The summed E-state index contributed by atoms with van der Waals surface area (Å²) in [5.74, 6) is -1.37. The van der Waals surface area contributed by atoms with Crippen LogP contribution in [0.3, 0.4) is 0 Å². The van der Waals surface area contributed by atoms with Gasteiger partial charge in [-0.3, -0.25) is 14.4 Å². The van der Waals surface area contributed by atoms with Gasteiger partial charge >= 0.3 is 12.1 Å². The SMILES string of the molecule is Cc1noc(C)c1CN1CCC2(CC1)C(c1cnn(C)c1)CC(=O)N2C.O=C(O)C(F)(F)F. The van der Waals surface area contributed by atoms with Gasteiger partial charge in [-0.1, -0.05) is 5.16 Å². The second-order valence-corrected chi connectivity index (χ2v) is 8.64. The number of alkyl halides is 3. The summed E-state index contributed by atoms with van der Waals surface area (Å²) in [4.78, 5) is 25.9. The molecule has 4 heterocycles. The molecule has 2 aliphatic heterocycles. The van der Waals surface area contributed by atoms with E-state index in [0.29, 0.717) is 6.42 Å². The fourth-order valence-electron chi connectivity index (χ4n) is 4.77. The third-order valence-corrected chi connectivity index (χ3v) is 6.72. The summed E-state index contributed by atoms with van der Waals surface area (Å²) in [7, 11) is 3.91. The van der Waals surface area contributed by atoms with Gasteiger partial charge in [-0.2, -0.15) is 18.3 Å². The van der Waals surface area contributed by atoms with Crippen LogP contribution in [0.5, 0.6) is 0 Å². The van der Waals surface area contributed by atoms with Gasteiger partial charge in [-0.05, 0) is 32.3 Å². The Balaban J connectivity index is 0.000000383. The monoisotopic (exact) mass is 471 g/mol. The van der Waals surface area contributed by atoms with E-state index in [0.717, 1.165) is 43.9 Å². The number of nitrogens with zero attached hydrogens (tertiary/aromatic N) is 5. The van der Waals surface area contributed by atoms with Crippen LogP contribution in [-0.4, -0.2) is 73.6 Å². The Bertz CT molecular complexity index is 988. The predicted octanol–water partition coefficient (Wildman–Crippen LogP) is 2.64. The lowest BCUT2D eigenvalue weighted by molar-refractivity contribution is -0.192.